The number of rotatable bonds is 8. The second-order valence-electron chi connectivity index (χ2n) is 6.77. The highest BCUT2D eigenvalue weighted by Gasteiger charge is 2.27. The first-order chi connectivity index (χ1) is 14.2. The number of morpholine rings is 1. The Morgan fingerprint density at radius 3 is 2.34 bits per heavy atom. The molecule has 2 amide bonds. The van der Waals surface area contributed by atoms with Gasteiger partial charge in [0.25, 0.3) is 5.91 Å². The summed E-state index contributed by atoms with van der Waals surface area (Å²) in [7, 11) is 0. The van der Waals surface area contributed by atoms with Gasteiger partial charge in [-0.3, -0.25) is 9.59 Å². The number of carbonyl (C=O) groups is 2. The predicted molar refractivity (Wildman–Crippen MR) is 117 cm³/mol. The second-order valence-corrected chi connectivity index (χ2v) is 7.92. The third-order valence-electron chi connectivity index (χ3n) is 4.73. The number of hydrogen-bond donors (Lipinski definition) is 2. The van der Waals surface area contributed by atoms with Gasteiger partial charge in [-0.15, -0.1) is 0 Å². The summed E-state index contributed by atoms with van der Waals surface area (Å²) in [6.45, 7) is 2.71. The van der Waals surface area contributed by atoms with Crippen molar-refractivity contribution in [3.05, 3.63) is 60.2 Å². The molecule has 154 valence electrons. The quantitative estimate of drug-likeness (QED) is 0.647. The minimum absolute atomic E-state index is 0.0629. The van der Waals surface area contributed by atoms with E-state index in [1.54, 1.807) is 28.8 Å². The van der Waals surface area contributed by atoms with Crippen molar-refractivity contribution in [2.75, 3.05) is 44.4 Å². The van der Waals surface area contributed by atoms with Crippen molar-refractivity contribution in [2.45, 2.75) is 6.04 Å². The third kappa shape index (κ3) is 6.06. The average Bonchev–Trinajstić information content (AvgIpc) is 2.79. The number of nitrogens with zero attached hydrogens (tertiary/aromatic N) is 1. The lowest BCUT2D eigenvalue weighted by molar-refractivity contribution is -0.136. The Balaban J connectivity index is 1.67. The van der Waals surface area contributed by atoms with E-state index in [0.717, 1.165) is 16.9 Å². The first-order valence-corrected chi connectivity index (χ1v) is 10.9. The Morgan fingerprint density at radius 1 is 1.03 bits per heavy atom. The fourth-order valence-corrected chi connectivity index (χ4v) is 3.94. The van der Waals surface area contributed by atoms with Crippen LogP contribution in [-0.2, 0) is 9.53 Å². The fraction of sp³-hybridized carbons (Fsp3) is 0.364. The molecule has 1 aliphatic heterocycles. The van der Waals surface area contributed by atoms with Crippen LogP contribution < -0.4 is 11.1 Å². The van der Waals surface area contributed by atoms with Crippen LogP contribution in [0.1, 0.15) is 10.4 Å². The highest BCUT2D eigenvalue weighted by atomic mass is 32.2. The number of nitrogens with one attached hydrogen (secondary N) is 1. The van der Waals surface area contributed by atoms with Crippen LogP contribution in [0.3, 0.4) is 0 Å². The van der Waals surface area contributed by atoms with E-state index in [-0.39, 0.29) is 11.8 Å². The maximum Gasteiger partial charge on any atom is 0.251 e. The first-order valence-electron chi connectivity index (χ1n) is 9.79. The van der Waals surface area contributed by atoms with E-state index in [1.165, 1.54) is 0 Å². The lowest BCUT2D eigenvalue weighted by Crippen LogP contribution is -2.53. The summed E-state index contributed by atoms with van der Waals surface area (Å²) < 4.78 is 5.32. The topological polar surface area (TPSA) is 84.7 Å². The molecule has 0 radical (unpaired) electrons. The minimum atomic E-state index is -0.578. The van der Waals surface area contributed by atoms with Gasteiger partial charge in [-0.05, 0) is 23.3 Å². The van der Waals surface area contributed by atoms with Crippen molar-refractivity contribution < 1.29 is 14.3 Å². The predicted octanol–water partition coefficient (Wildman–Crippen LogP) is 2.00. The zero-order chi connectivity index (χ0) is 20.5. The summed E-state index contributed by atoms with van der Waals surface area (Å²) in [4.78, 5) is 27.5. The van der Waals surface area contributed by atoms with Crippen molar-refractivity contribution in [1.82, 2.24) is 10.2 Å². The molecule has 7 heteroatoms. The highest BCUT2D eigenvalue weighted by molar-refractivity contribution is 7.99. The molecule has 3 rings (SSSR count). The fourth-order valence-electron chi connectivity index (χ4n) is 3.15. The van der Waals surface area contributed by atoms with Crippen molar-refractivity contribution in [1.29, 1.82) is 0 Å². The lowest BCUT2D eigenvalue weighted by Gasteiger charge is -2.30. The van der Waals surface area contributed by atoms with Crippen molar-refractivity contribution in [2.24, 2.45) is 5.73 Å². The molecule has 1 atom stereocenters. The molecule has 2 aromatic rings. The highest BCUT2D eigenvalue weighted by Crippen LogP contribution is 2.19. The van der Waals surface area contributed by atoms with Gasteiger partial charge in [0, 0.05) is 36.7 Å². The number of ether oxygens (including phenoxy) is 1. The molecule has 3 N–H and O–H groups in total. The summed E-state index contributed by atoms with van der Waals surface area (Å²) in [5.74, 6) is 0.937. The van der Waals surface area contributed by atoms with Crippen LogP contribution in [0.4, 0.5) is 0 Å². The molecule has 1 fully saturated rings. The summed E-state index contributed by atoms with van der Waals surface area (Å²) >= 11 is 1.57. The summed E-state index contributed by atoms with van der Waals surface area (Å²) in [5.41, 5.74) is 8.24. The molecule has 0 aromatic heterocycles. The molecule has 1 saturated heterocycles. The molecule has 29 heavy (non-hydrogen) atoms. The smallest absolute Gasteiger partial charge is 0.251 e. The molecular formula is C22H27N3O3S. The monoisotopic (exact) mass is 413 g/mol. The Bertz CT molecular complexity index is 793. The van der Waals surface area contributed by atoms with Gasteiger partial charge in [-0.2, -0.15) is 11.8 Å². The number of hydrogen-bond acceptors (Lipinski definition) is 5. The molecule has 2 aromatic carbocycles. The normalized spacial score (nSPS) is 15.0. The molecule has 0 aliphatic carbocycles. The maximum atomic E-state index is 12.9. The Hall–Kier alpha value is -2.35. The lowest BCUT2D eigenvalue weighted by atomic mass is 10.0. The third-order valence-corrected chi connectivity index (χ3v) is 5.82. The second kappa shape index (κ2) is 11.0. The van der Waals surface area contributed by atoms with Gasteiger partial charge in [-0.25, -0.2) is 0 Å². The van der Waals surface area contributed by atoms with E-state index >= 15 is 0 Å². The number of thioether (sulfide) groups is 1. The van der Waals surface area contributed by atoms with Crippen molar-refractivity contribution >= 4 is 23.6 Å². The van der Waals surface area contributed by atoms with E-state index in [1.807, 2.05) is 42.5 Å². The summed E-state index contributed by atoms with van der Waals surface area (Å²) in [6, 6.07) is 16.8. The van der Waals surface area contributed by atoms with E-state index in [9.17, 15) is 9.59 Å². The Morgan fingerprint density at radius 2 is 1.69 bits per heavy atom. The number of benzene rings is 2. The molecule has 1 aliphatic rings. The standard InChI is InChI=1S/C22H27N3O3S/c23-10-15-29-16-20(22(27)25-11-13-28-14-12-25)24-21(26)19-8-6-18(7-9-19)17-4-2-1-3-5-17/h1-9,20H,10-16,23H2,(H,24,26)/t20-/m0/s1. The van der Waals surface area contributed by atoms with E-state index in [2.05, 4.69) is 5.32 Å². The van der Waals surface area contributed by atoms with E-state index < -0.39 is 6.04 Å². The summed E-state index contributed by atoms with van der Waals surface area (Å²) in [6.07, 6.45) is 0. The van der Waals surface area contributed by atoms with Gasteiger partial charge in [0.2, 0.25) is 5.91 Å². The van der Waals surface area contributed by atoms with E-state index in [0.29, 0.717) is 44.2 Å². The van der Waals surface area contributed by atoms with Crippen LogP contribution in [0.2, 0.25) is 0 Å². The molecule has 0 spiro atoms. The first kappa shape index (κ1) is 21.4. The summed E-state index contributed by atoms with van der Waals surface area (Å²) in [5, 5.41) is 2.92. The molecule has 0 saturated carbocycles. The van der Waals surface area contributed by atoms with Gasteiger partial charge < -0.3 is 20.7 Å². The molecule has 1 heterocycles. The number of carbonyl (C=O) groups excluding carboxylic acids is 2. The van der Waals surface area contributed by atoms with Crippen LogP contribution in [0.15, 0.2) is 54.6 Å². The van der Waals surface area contributed by atoms with Gasteiger partial charge in [0.1, 0.15) is 6.04 Å². The Kier molecular flexibility index (Phi) is 8.10. The van der Waals surface area contributed by atoms with Gasteiger partial charge in [-0.1, -0.05) is 42.5 Å². The zero-order valence-corrected chi connectivity index (χ0v) is 17.2. The molecular weight excluding hydrogens is 386 g/mol. The molecule has 0 unspecified atom stereocenters. The Labute approximate surface area is 175 Å². The number of amides is 2. The van der Waals surface area contributed by atoms with Crippen LogP contribution in [0.5, 0.6) is 0 Å². The van der Waals surface area contributed by atoms with Crippen LogP contribution in [0, 0.1) is 0 Å². The maximum absolute atomic E-state index is 12.9. The zero-order valence-electron chi connectivity index (χ0n) is 16.4. The van der Waals surface area contributed by atoms with Crippen molar-refractivity contribution in [3.63, 3.8) is 0 Å². The van der Waals surface area contributed by atoms with Crippen LogP contribution >= 0.6 is 11.8 Å². The largest absolute Gasteiger partial charge is 0.378 e. The number of nitrogens with two attached hydrogens (primary N) is 1. The SMILES string of the molecule is NCCSC[C@H](NC(=O)c1ccc(-c2ccccc2)cc1)C(=O)N1CCOCC1. The van der Waals surface area contributed by atoms with Crippen LogP contribution in [0.25, 0.3) is 11.1 Å². The van der Waals surface area contributed by atoms with Gasteiger partial charge in [0.15, 0.2) is 0 Å². The van der Waals surface area contributed by atoms with Crippen LogP contribution in [-0.4, -0.2) is 67.1 Å². The van der Waals surface area contributed by atoms with Gasteiger partial charge >= 0.3 is 0 Å². The van der Waals surface area contributed by atoms with Gasteiger partial charge in [0.05, 0.1) is 13.2 Å². The molecule has 6 nitrogen and oxygen atoms in total. The molecule has 0 bridgehead atoms. The minimum Gasteiger partial charge on any atom is -0.378 e. The average molecular weight is 414 g/mol. The van der Waals surface area contributed by atoms with E-state index in [4.69, 9.17) is 10.5 Å². The van der Waals surface area contributed by atoms with Crippen molar-refractivity contribution in [3.8, 4) is 11.1 Å².